The van der Waals surface area contributed by atoms with Crippen LogP contribution in [0.25, 0.3) is 10.9 Å². The van der Waals surface area contributed by atoms with Crippen molar-refractivity contribution in [3.05, 3.63) is 23.7 Å². The molecule has 18 heavy (non-hydrogen) atoms. The van der Waals surface area contributed by atoms with E-state index in [0.29, 0.717) is 31.2 Å². The van der Waals surface area contributed by atoms with Gasteiger partial charge in [0.2, 0.25) is 0 Å². The van der Waals surface area contributed by atoms with E-state index in [1.165, 1.54) is 0 Å². The number of nitriles is 1. The lowest BCUT2D eigenvalue weighted by atomic mass is 10.2. The number of pyridine rings is 1. The predicted molar refractivity (Wildman–Crippen MR) is 66.8 cm³/mol. The largest absolute Gasteiger partial charge is 0.396 e. The molecule has 0 saturated carbocycles. The normalized spacial score (nSPS) is 10.7. The topological polar surface area (TPSA) is 96.9 Å². The van der Waals surface area contributed by atoms with E-state index in [1.54, 1.807) is 13.3 Å². The van der Waals surface area contributed by atoms with E-state index >= 15 is 0 Å². The SMILES string of the molecule is COCCOCc1nc(C#N)c(N)c2cc[nH]c12. The molecule has 3 N–H and O–H groups in total. The van der Waals surface area contributed by atoms with Crippen LogP contribution in [0.15, 0.2) is 12.3 Å². The first-order chi connectivity index (χ1) is 8.77. The van der Waals surface area contributed by atoms with Gasteiger partial charge in [0.15, 0.2) is 5.69 Å². The third kappa shape index (κ3) is 2.27. The Kier molecular flexibility index (Phi) is 3.77. The molecular formula is C12H14N4O2. The Morgan fingerprint density at radius 1 is 1.50 bits per heavy atom. The van der Waals surface area contributed by atoms with Crippen molar-refractivity contribution in [1.29, 1.82) is 5.26 Å². The number of methoxy groups -OCH3 is 1. The Hall–Kier alpha value is -2.10. The standard InChI is InChI=1S/C12H14N4O2/c1-17-4-5-18-7-10-12-8(2-3-15-12)11(14)9(6-13)16-10/h2-3,15H,4-5,7,14H2,1H3. The van der Waals surface area contributed by atoms with Crippen LogP contribution in [0.5, 0.6) is 0 Å². The summed E-state index contributed by atoms with van der Waals surface area (Å²) in [6, 6.07) is 3.81. The fraction of sp³-hybridized carbons (Fsp3) is 0.333. The van der Waals surface area contributed by atoms with E-state index in [9.17, 15) is 0 Å². The number of hydrogen-bond donors (Lipinski definition) is 2. The average Bonchev–Trinajstić information content (AvgIpc) is 2.87. The summed E-state index contributed by atoms with van der Waals surface area (Å²) >= 11 is 0. The van der Waals surface area contributed by atoms with Crippen molar-refractivity contribution in [2.24, 2.45) is 0 Å². The van der Waals surface area contributed by atoms with E-state index < -0.39 is 0 Å². The first kappa shape index (κ1) is 12.4. The predicted octanol–water partition coefficient (Wildman–Crippen LogP) is 1.18. The van der Waals surface area contributed by atoms with Gasteiger partial charge in [-0.15, -0.1) is 0 Å². The fourth-order valence-electron chi connectivity index (χ4n) is 1.71. The number of aromatic nitrogens is 2. The fourth-order valence-corrected chi connectivity index (χ4v) is 1.71. The Labute approximate surface area is 104 Å². The molecule has 0 unspecified atom stereocenters. The maximum absolute atomic E-state index is 8.99. The first-order valence-corrected chi connectivity index (χ1v) is 5.50. The maximum atomic E-state index is 8.99. The van der Waals surface area contributed by atoms with E-state index in [2.05, 4.69) is 9.97 Å². The van der Waals surface area contributed by atoms with Gasteiger partial charge in [0.05, 0.1) is 36.7 Å². The molecule has 0 aliphatic heterocycles. The van der Waals surface area contributed by atoms with Gasteiger partial charge in [-0.1, -0.05) is 0 Å². The first-order valence-electron chi connectivity index (χ1n) is 5.50. The second kappa shape index (κ2) is 5.49. The highest BCUT2D eigenvalue weighted by Gasteiger charge is 2.12. The quantitative estimate of drug-likeness (QED) is 0.772. The lowest BCUT2D eigenvalue weighted by molar-refractivity contribution is 0.0607. The molecule has 0 fully saturated rings. The highest BCUT2D eigenvalue weighted by Crippen LogP contribution is 2.25. The third-order valence-corrected chi connectivity index (χ3v) is 2.60. The minimum Gasteiger partial charge on any atom is -0.396 e. The smallest absolute Gasteiger partial charge is 0.164 e. The molecule has 94 valence electrons. The number of rotatable bonds is 5. The zero-order valence-corrected chi connectivity index (χ0v) is 10.1. The molecule has 2 heterocycles. The second-order valence-electron chi connectivity index (χ2n) is 3.74. The molecule has 2 aromatic rings. The maximum Gasteiger partial charge on any atom is 0.164 e. The molecule has 0 saturated heterocycles. The number of nitrogen functional groups attached to an aromatic ring is 1. The van der Waals surface area contributed by atoms with Crippen LogP contribution in [0.1, 0.15) is 11.4 Å². The summed E-state index contributed by atoms with van der Waals surface area (Å²) in [5.74, 6) is 0. The van der Waals surface area contributed by atoms with Gasteiger partial charge in [0.1, 0.15) is 6.07 Å². The lowest BCUT2D eigenvalue weighted by Crippen LogP contribution is -2.05. The van der Waals surface area contributed by atoms with Gasteiger partial charge in [-0.2, -0.15) is 5.26 Å². The Morgan fingerprint density at radius 2 is 2.33 bits per heavy atom. The number of fused-ring (bicyclic) bond motifs is 1. The Bertz CT molecular complexity index is 586. The second-order valence-corrected chi connectivity index (χ2v) is 3.74. The number of ether oxygens (including phenoxy) is 2. The van der Waals surface area contributed by atoms with Crippen LogP contribution in [-0.4, -0.2) is 30.3 Å². The number of anilines is 1. The van der Waals surface area contributed by atoms with Crippen LogP contribution in [0.3, 0.4) is 0 Å². The summed E-state index contributed by atoms with van der Waals surface area (Å²) in [6.45, 7) is 1.32. The van der Waals surface area contributed by atoms with Crippen molar-refractivity contribution in [3.63, 3.8) is 0 Å². The van der Waals surface area contributed by atoms with Gasteiger partial charge < -0.3 is 20.2 Å². The van der Waals surface area contributed by atoms with Crippen LogP contribution >= 0.6 is 0 Å². The third-order valence-electron chi connectivity index (χ3n) is 2.60. The summed E-state index contributed by atoms with van der Waals surface area (Å²) < 4.78 is 10.3. The van der Waals surface area contributed by atoms with Crippen LogP contribution in [0, 0.1) is 11.3 Å². The lowest BCUT2D eigenvalue weighted by Gasteiger charge is -2.07. The Balaban J connectivity index is 2.29. The van der Waals surface area contributed by atoms with Crippen molar-refractivity contribution in [2.45, 2.75) is 6.61 Å². The molecule has 0 aromatic carbocycles. The molecule has 2 rings (SSSR count). The summed E-state index contributed by atoms with van der Waals surface area (Å²) in [4.78, 5) is 7.26. The van der Waals surface area contributed by atoms with E-state index in [4.69, 9.17) is 20.5 Å². The molecule has 0 radical (unpaired) electrons. The zero-order chi connectivity index (χ0) is 13.0. The number of nitrogens with zero attached hydrogens (tertiary/aromatic N) is 2. The summed E-state index contributed by atoms with van der Waals surface area (Å²) in [7, 11) is 1.61. The molecular weight excluding hydrogens is 232 g/mol. The highest BCUT2D eigenvalue weighted by molar-refractivity contribution is 5.94. The average molecular weight is 246 g/mol. The minimum atomic E-state index is 0.229. The molecule has 0 aliphatic rings. The number of aromatic amines is 1. The van der Waals surface area contributed by atoms with Crippen LogP contribution in [-0.2, 0) is 16.1 Å². The minimum absolute atomic E-state index is 0.229. The van der Waals surface area contributed by atoms with Crippen molar-refractivity contribution in [3.8, 4) is 6.07 Å². The number of nitrogens with one attached hydrogen (secondary N) is 1. The molecule has 6 nitrogen and oxygen atoms in total. The highest BCUT2D eigenvalue weighted by atomic mass is 16.5. The molecule has 0 spiro atoms. The van der Waals surface area contributed by atoms with Crippen molar-refractivity contribution < 1.29 is 9.47 Å². The summed E-state index contributed by atoms with van der Waals surface area (Å²) in [5.41, 5.74) is 7.97. The molecule has 0 aliphatic carbocycles. The van der Waals surface area contributed by atoms with E-state index in [1.807, 2.05) is 12.1 Å². The van der Waals surface area contributed by atoms with Crippen LogP contribution in [0.2, 0.25) is 0 Å². The summed E-state index contributed by atoms with van der Waals surface area (Å²) in [5, 5.41) is 9.78. The van der Waals surface area contributed by atoms with E-state index in [0.717, 1.165) is 10.9 Å². The van der Waals surface area contributed by atoms with Crippen molar-refractivity contribution >= 4 is 16.6 Å². The van der Waals surface area contributed by atoms with Gasteiger partial charge in [-0.25, -0.2) is 4.98 Å². The van der Waals surface area contributed by atoms with Gasteiger partial charge in [-0.3, -0.25) is 0 Å². The molecule has 2 aromatic heterocycles. The Morgan fingerprint density at radius 3 is 3.06 bits per heavy atom. The van der Waals surface area contributed by atoms with Gasteiger partial charge in [-0.05, 0) is 6.07 Å². The van der Waals surface area contributed by atoms with Crippen molar-refractivity contribution in [2.75, 3.05) is 26.1 Å². The number of nitrogens with two attached hydrogens (primary N) is 1. The number of hydrogen-bond acceptors (Lipinski definition) is 5. The summed E-state index contributed by atoms with van der Waals surface area (Å²) in [6.07, 6.45) is 1.77. The van der Waals surface area contributed by atoms with Crippen LogP contribution in [0.4, 0.5) is 5.69 Å². The molecule has 6 heteroatoms. The monoisotopic (exact) mass is 246 g/mol. The molecule has 0 bridgehead atoms. The molecule has 0 amide bonds. The van der Waals surface area contributed by atoms with Crippen molar-refractivity contribution in [1.82, 2.24) is 9.97 Å². The van der Waals surface area contributed by atoms with Gasteiger partial charge >= 0.3 is 0 Å². The van der Waals surface area contributed by atoms with Gasteiger partial charge in [0, 0.05) is 18.7 Å². The zero-order valence-electron chi connectivity index (χ0n) is 10.1. The van der Waals surface area contributed by atoms with E-state index in [-0.39, 0.29) is 5.69 Å². The van der Waals surface area contributed by atoms with Gasteiger partial charge in [0.25, 0.3) is 0 Å². The number of H-pyrrole nitrogens is 1. The molecule has 0 atom stereocenters. The van der Waals surface area contributed by atoms with Crippen LogP contribution < -0.4 is 5.73 Å².